The fourth-order valence-electron chi connectivity index (χ4n) is 2.34. The molecule has 0 unspecified atom stereocenters. The van der Waals surface area contributed by atoms with E-state index in [0.717, 1.165) is 27.6 Å². The number of amides is 1. The molecule has 0 fully saturated rings. The Labute approximate surface area is 156 Å². The van der Waals surface area contributed by atoms with E-state index >= 15 is 0 Å². The standard InChI is InChI=1S/C20H20N2O3S/c1-14-7-9-15(10-8-14)21-19(23)17-13-26-20(22-17)16-5-3-4-6-18(16)25-12-11-24-2/h3-10,13H,11-12H2,1-2H3,(H,21,23). The molecule has 0 radical (unpaired) electrons. The van der Waals surface area contributed by atoms with Gasteiger partial charge in [0, 0.05) is 18.2 Å². The van der Waals surface area contributed by atoms with Crippen LogP contribution in [0.2, 0.25) is 0 Å². The van der Waals surface area contributed by atoms with Crippen LogP contribution in [-0.2, 0) is 4.74 Å². The second-order valence-electron chi connectivity index (χ2n) is 5.70. The van der Waals surface area contributed by atoms with E-state index in [4.69, 9.17) is 9.47 Å². The smallest absolute Gasteiger partial charge is 0.275 e. The first-order chi connectivity index (χ1) is 12.7. The van der Waals surface area contributed by atoms with Crippen molar-refractivity contribution in [1.29, 1.82) is 0 Å². The zero-order chi connectivity index (χ0) is 18.4. The number of benzene rings is 2. The summed E-state index contributed by atoms with van der Waals surface area (Å²) >= 11 is 1.41. The highest BCUT2D eigenvalue weighted by Gasteiger charge is 2.15. The number of ether oxygens (including phenoxy) is 2. The number of thiazole rings is 1. The molecule has 1 aromatic heterocycles. The Morgan fingerprint density at radius 2 is 1.88 bits per heavy atom. The Balaban J connectivity index is 1.75. The summed E-state index contributed by atoms with van der Waals surface area (Å²) < 4.78 is 10.8. The first-order valence-corrected chi connectivity index (χ1v) is 9.10. The van der Waals surface area contributed by atoms with Crippen LogP contribution in [0.25, 0.3) is 10.6 Å². The van der Waals surface area contributed by atoms with Crippen molar-refractivity contribution in [2.75, 3.05) is 25.6 Å². The maximum Gasteiger partial charge on any atom is 0.275 e. The molecule has 3 rings (SSSR count). The largest absolute Gasteiger partial charge is 0.490 e. The van der Waals surface area contributed by atoms with Gasteiger partial charge in [0.1, 0.15) is 23.1 Å². The summed E-state index contributed by atoms with van der Waals surface area (Å²) in [6.45, 7) is 2.97. The molecule has 1 amide bonds. The van der Waals surface area contributed by atoms with Gasteiger partial charge in [0.15, 0.2) is 0 Å². The van der Waals surface area contributed by atoms with Crippen LogP contribution in [0.5, 0.6) is 5.75 Å². The third kappa shape index (κ3) is 4.47. The third-order valence-corrected chi connectivity index (χ3v) is 4.58. The van der Waals surface area contributed by atoms with E-state index in [2.05, 4.69) is 10.3 Å². The molecule has 0 aliphatic heterocycles. The van der Waals surface area contributed by atoms with E-state index in [0.29, 0.717) is 18.9 Å². The number of rotatable bonds is 7. The molecule has 134 valence electrons. The van der Waals surface area contributed by atoms with E-state index in [-0.39, 0.29) is 5.91 Å². The van der Waals surface area contributed by atoms with Crippen LogP contribution in [0.1, 0.15) is 16.1 Å². The summed E-state index contributed by atoms with van der Waals surface area (Å²) in [4.78, 5) is 16.9. The average molecular weight is 368 g/mol. The van der Waals surface area contributed by atoms with E-state index < -0.39 is 0 Å². The van der Waals surface area contributed by atoms with Crippen molar-refractivity contribution in [3.63, 3.8) is 0 Å². The molecule has 5 nitrogen and oxygen atoms in total. The average Bonchev–Trinajstić information content (AvgIpc) is 3.14. The number of para-hydroxylation sites is 1. The highest BCUT2D eigenvalue weighted by atomic mass is 32.1. The van der Waals surface area contributed by atoms with Gasteiger partial charge in [-0.05, 0) is 31.2 Å². The summed E-state index contributed by atoms with van der Waals surface area (Å²) in [7, 11) is 1.63. The van der Waals surface area contributed by atoms with Gasteiger partial charge in [0.2, 0.25) is 0 Å². The number of anilines is 1. The molecule has 1 N–H and O–H groups in total. The molecule has 0 aliphatic carbocycles. The lowest BCUT2D eigenvalue weighted by molar-refractivity contribution is 0.102. The van der Waals surface area contributed by atoms with E-state index in [1.165, 1.54) is 11.3 Å². The first-order valence-electron chi connectivity index (χ1n) is 8.22. The second kappa shape index (κ2) is 8.60. The van der Waals surface area contributed by atoms with E-state index in [1.807, 2.05) is 55.5 Å². The lowest BCUT2D eigenvalue weighted by Crippen LogP contribution is -2.12. The Bertz CT molecular complexity index is 875. The molecule has 0 saturated heterocycles. The van der Waals surface area contributed by atoms with Crippen molar-refractivity contribution >= 4 is 22.9 Å². The minimum Gasteiger partial charge on any atom is -0.490 e. The van der Waals surface area contributed by atoms with Crippen molar-refractivity contribution < 1.29 is 14.3 Å². The Kier molecular flexibility index (Phi) is 5.99. The minimum atomic E-state index is -0.228. The Morgan fingerprint density at radius 1 is 1.12 bits per heavy atom. The summed E-state index contributed by atoms with van der Waals surface area (Å²) in [6, 6.07) is 15.3. The highest BCUT2D eigenvalue weighted by Crippen LogP contribution is 2.32. The van der Waals surface area contributed by atoms with Crippen molar-refractivity contribution in [3.8, 4) is 16.3 Å². The highest BCUT2D eigenvalue weighted by molar-refractivity contribution is 7.13. The van der Waals surface area contributed by atoms with Gasteiger partial charge >= 0.3 is 0 Å². The number of hydrogen-bond acceptors (Lipinski definition) is 5. The van der Waals surface area contributed by atoms with E-state index in [1.54, 1.807) is 12.5 Å². The monoisotopic (exact) mass is 368 g/mol. The third-order valence-electron chi connectivity index (χ3n) is 3.71. The second-order valence-corrected chi connectivity index (χ2v) is 6.55. The van der Waals surface area contributed by atoms with Crippen LogP contribution in [0.3, 0.4) is 0 Å². The number of nitrogens with zero attached hydrogens (tertiary/aromatic N) is 1. The minimum absolute atomic E-state index is 0.228. The molecule has 0 saturated carbocycles. The number of aromatic nitrogens is 1. The van der Waals surface area contributed by atoms with Crippen molar-refractivity contribution in [3.05, 3.63) is 65.2 Å². The van der Waals surface area contributed by atoms with Crippen LogP contribution in [-0.4, -0.2) is 31.2 Å². The molecular formula is C20H20N2O3S. The molecule has 0 spiro atoms. The maximum absolute atomic E-state index is 12.4. The number of carbonyl (C=O) groups excluding carboxylic acids is 1. The predicted molar refractivity (Wildman–Crippen MR) is 104 cm³/mol. The Hall–Kier alpha value is -2.70. The fraction of sp³-hybridized carbons (Fsp3) is 0.200. The molecule has 3 aromatic rings. The van der Waals surface area contributed by atoms with Crippen LogP contribution >= 0.6 is 11.3 Å². The van der Waals surface area contributed by atoms with Gasteiger partial charge in [0.25, 0.3) is 5.91 Å². The fourth-order valence-corrected chi connectivity index (χ4v) is 3.17. The van der Waals surface area contributed by atoms with Gasteiger partial charge in [-0.2, -0.15) is 0 Å². The number of methoxy groups -OCH3 is 1. The zero-order valence-electron chi connectivity index (χ0n) is 14.7. The van der Waals surface area contributed by atoms with Crippen molar-refractivity contribution in [2.45, 2.75) is 6.92 Å². The molecule has 0 atom stereocenters. The van der Waals surface area contributed by atoms with Crippen LogP contribution in [0, 0.1) is 6.92 Å². The molecule has 0 aliphatic rings. The lowest BCUT2D eigenvalue weighted by Gasteiger charge is -2.09. The normalized spacial score (nSPS) is 10.5. The lowest BCUT2D eigenvalue weighted by atomic mass is 10.2. The molecular weight excluding hydrogens is 348 g/mol. The molecule has 2 aromatic carbocycles. The molecule has 6 heteroatoms. The van der Waals surface area contributed by atoms with E-state index in [9.17, 15) is 4.79 Å². The number of hydrogen-bond donors (Lipinski definition) is 1. The molecule has 26 heavy (non-hydrogen) atoms. The summed E-state index contributed by atoms with van der Waals surface area (Å²) in [6.07, 6.45) is 0. The topological polar surface area (TPSA) is 60.5 Å². The van der Waals surface area contributed by atoms with Gasteiger partial charge in [-0.15, -0.1) is 11.3 Å². The van der Waals surface area contributed by atoms with Gasteiger partial charge in [0.05, 0.1) is 12.2 Å². The first kappa shape index (κ1) is 18.1. The van der Waals surface area contributed by atoms with Gasteiger partial charge in [-0.25, -0.2) is 4.98 Å². The maximum atomic E-state index is 12.4. The van der Waals surface area contributed by atoms with Crippen LogP contribution < -0.4 is 10.1 Å². The van der Waals surface area contributed by atoms with Gasteiger partial charge in [-0.1, -0.05) is 29.8 Å². The SMILES string of the molecule is COCCOc1ccccc1-c1nc(C(=O)Nc2ccc(C)cc2)cs1. The molecule has 1 heterocycles. The zero-order valence-corrected chi connectivity index (χ0v) is 15.5. The van der Waals surface area contributed by atoms with Crippen molar-refractivity contribution in [1.82, 2.24) is 4.98 Å². The summed E-state index contributed by atoms with van der Waals surface area (Å²) in [5, 5.41) is 5.36. The van der Waals surface area contributed by atoms with Crippen molar-refractivity contribution in [2.24, 2.45) is 0 Å². The van der Waals surface area contributed by atoms with Crippen LogP contribution in [0.15, 0.2) is 53.9 Å². The summed E-state index contributed by atoms with van der Waals surface area (Å²) in [5.41, 5.74) is 3.14. The number of nitrogens with one attached hydrogen (secondary N) is 1. The number of aryl methyl sites for hydroxylation is 1. The van der Waals surface area contributed by atoms with Gasteiger partial charge < -0.3 is 14.8 Å². The quantitative estimate of drug-likeness (QED) is 0.628. The summed E-state index contributed by atoms with van der Waals surface area (Å²) in [5.74, 6) is 0.499. The van der Waals surface area contributed by atoms with Crippen LogP contribution in [0.4, 0.5) is 5.69 Å². The Morgan fingerprint density at radius 3 is 2.65 bits per heavy atom. The van der Waals surface area contributed by atoms with Gasteiger partial charge in [-0.3, -0.25) is 4.79 Å². The molecule has 0 bridgehead atoms. The predicted octanol–water partition coefficient (Wildman–Crippen LogP) is 4.40. The number of carbonyl (C=O) groups is 1.